The van der Waals surface area contributed by atoms with Crippen LogP contribution in [0.3, 0.4) is 0 Å². The minimum Gasteiger partial charge on any atom is -0.616 e. The summed E-state index contributed by atoms with van der Waals surface area (Å²) < 4.78 is 78.3. The van der Waals surface area contributed by atoms with Gasteiger partial charge in [-0.2, -0.15) is 8.42 Å². The lowest BCUT2D eigenvalue weighted by atomic mass is 10.1. The molecule has 10 nitrogen and oxygen atoms in total. The van der Waals surface area contributed by atoms with Crippen LogP contribution in [0, 0.1) is 0 Å². The van der Waals surface area contributed by atoms with Crippen LogP contribution >= 0.6 is 11.8 Å². The number of anilines is 2. The first-order chi connectivity index (χ1) is 19.7. The Morgan fingerprint density at radius 2 is 2.07 bits per heavy atom. The lowest BCUT2D eigenvalue weighted by molar-refractivity contribution is 0.146. The maximum Gasteiger partial charge on any atom is 0.282 e. The Bertz CT molecular complexity index is 1330. The quantitative estimate of drug-likeness (QED) is 0.279. The van der Waals surface area contributed by atoms with Crippen molar-refractivity contribution in [3.05, 3.63) is 42.1 Å². The summed E-state index contributed by atoms with van der Waals surface area (Å²) in [5.41, 5.74) is 1.28. The lowest BCUT2D eigenvalue weighted by Gasteiger charge is -2.29. The fraction of sp³-hybridized carbons (Fsp3) is 0.538. The van der Waals surface area contributed by atoms with Crippen molar-refractivity contribution < 1.29 is 31.2 Å². The van der Waals surface area contributed by atoms with Gasteiger partial charge >= 0.3 is 0 Å². The van der Waals surface area contributed by atoms with E-state index >= 15 is 0 Å². The molecule has 1 fully saturated rings. The summed E-state index contributed by atoms with van der Waals surface area (Å²) in [6.45, 7) is 2.60. The molecule has 2 aromatic rings. The van der Waals surface area contributed by atoms with Gasteiger partial charge in [0.2, 0.25) is 0 Å². The third kappa shape index (κ3) is 7.25. The molecular weight excluding hydrogens is 597 g/mol. The van der Waals surface area contributed by atoms with Gasteiger partial charge in [0.05, 0.1) is 42.2 Å². The average Bonchev–Trinajstić information content (AvgIpc) is 3.60. The maximum absolute atomic E-state index is 13.9. The van der Waals surface area contributed by atoms with Crippen LogP contribution in [0.25, 0.3) is 0 Å². The number of rotatable bonds is 12. The van der Waals surface area contributed by atoms with E-state index < -0.39 is 34.2 Å². The SMILES string of the molecule is COCCOc1cc2c(c(N(CC(F)F)S(=O)(=O)c3ccccn3)c1)NC(C1=NCC(CN3CC[S+]([O-])CC3)S1)C2. The molecule has 1 saturated heterocycles. The van der Waals surface area contributed by atoms with Crippen LogP contribution in [0.4, 0.5) is 20.2 Å². The van der Waals surface area contributed by atoms with Crippen LogP contribution in [0.15, 0.2) is 46.5 Å². The molecule has 15 heteroatoms. The van der Waals surface area contributed by atoms with Crippen LogP contribution < -0.4 is 14.4 Å². The number of fused-ring (bicyclic) bond motifs is 1. The zero-order chi connectivity index (χ0) is 29.0. The van der Waals surface area contributed by atoms with Crippen molar-refractivity contribution in [3.63, 3.8) is 0 Å². The molecule has 0 saturated carbocycles. The summed E-state index contributed by atoms with van der Waals surface area (Å²) in [7, 11) is -2.88. The number of benzene rings is 1. The molecule has 41 heavy (non-hydrogen) atoms. The number of thioether (sulfide) groups is 1. The lowest BCUT2D eigenvalue weighted by Crippen LogP contribution is -2.43. The number of nitrogens with zero attached hydrogens (tertiary/aromatic N) is 4. The van der Waals surface area contributed by atoms with Gasteiger partial charge in [0.15, 0.2) is 5.03 Å². The van der Waals surface area contributed by atoms with Gasteiger partial charge in [-0.1, -0.05) is 17.2 Å². The molecule has 2 unspecified atom stereocenters. The van der Waals surface area contributed by atoms with Gasteiger partial charge in [-0.25, -0.2) is 13.8 Å². The minimum atomic E-state index is -4.42. The van der Waals surface area contributed by atoms with E-state index in [0.717, 1.165) is 30.2 Å². The fourth-order valence-electron chi connectivity index (χ4n) is 5.04. The topological polar surface area (TPSA) is 119 Å². The molecule has 0 spiro atoms. The summed E-state index contributed by atoms with van der Waals surface area (Å²) in [5.74, 6) is 1.74. The molecule has 224 valence electrons. The third-order valence-electron chi connectivity index (χ3n) is 7.00. The number of alkyl halides is 2. The number of sulfonamides is 1. The van der Waals surface area contributed by atoms with E-state index in [4.69, 9.17) is 14.5 Å². The zero-order valence-electron chi connectivity index (χ0n) is 22.6. The minimum absolute atomic E-state index is 0.0739. The zero-order valence-corrected chi connectivity index (χ0v) is 25.0. The maximum atomic E-state index is 13.9. The standard InChI is InChI=1S/C26H33F2N5O5S3/c1-37-8-9-38-19-12-18-13-21(26-30-15-20(39-26)16-32-6-10-40(34)11-7-32)31-25(18)22(14-19)33(17-23(27)28)41(35,36)24-4-2-3-5-29-24/h2-5,12,14,20-21,23,31H,6-11,13,15-17H2,1H3. The Labute approximate surface area is 246 Å². The Kier molecular flexibility index (Phi) is 9.92. The van der Waals surface area contributed by atoms with Crippen molar-refractivity contribution >= 4 is 49.4 Å². The number of aliphatic imine (C=N–C) groups is 1. The molecule has 5 rings (SSSR count). The average molecular weight is 630 g/mol. The number of ether oxygens (including phenoxy) is 2. The van der Waals surface area contributed by atoms with Crippen LogP contribution in [0.1, 0.15) is 5.56 Å². The molecule has 3 aliphatic heterocycles. The number of hydrogen-bond donors (Lipinski definition) is 1. The van der Waals surface area contributed by atoms with Crippen molar-refractivity contribution in [1.29, 1.82) is 0 Å². The molecule has 0 bridgehead atoms. The van der Waals surface area contributed by atoms with Crippen LogP contribution in [-0.2, 0) is 32.4 Å². The van der Waals surface area contributed by atoms with Gasteiger partial charge in [0, 0.05) is 50.7 Å². The predicted octanol–water partition coefficient (Wildman–Crippen LogP) is 2.48. The summed E-state index contributed by atoms with van der Waals surface area (Å²) in [4.78, 5) is 11.0. The Morgan fingerprint density at radius 1 is 1.27 bits per heavy atom. The largest absolute Gasteiger partial charge is 0.616 e. The molecule has 1 aromatic heterocycles. The van der Waals surface area contributed by atoms with E-state index in [9.17, 15) is 21.8 Å². The van der Waals surface area contributed by atoms with E-state index in [1.165, 1.54) is 31.5 Å². The molecule has 0 amide bonds. The monoisotopic (exact) mass is 629 g/mol. The van der Waals surface area contributed by atoms with Gasteiger partial charge in [-0.05, 0) is 23.8 Å². The summed E-state index contributed by atoms with van der Waals surface area (Å²) >= 11 is 0.950. The van der Waals surface area contributed by atoms with E-state index in [1.54, 1.807) is 23.9 Å². The number of halogens is 2. The second-order valence-electron chi connectivity index (χ2n) is 9.88. The first kappa shape index (κ1) is 30.3. The third-order valence-corrected chi connectivity index (χ3v) is 11.3. The van der Waals surface area contributed by atoms with E-state index in [0.29, 0.717) is 46.8 Å². The van der Waals surface area contributed by atoms with E-state index in [-0.39, 0.29) is 28.6 Å². The van der Waals surface area contributed by atoms with Gasteiger partial charge in [-0.15, -0.1) is 11.8 Å². The summed E-state index contributed by atoms with van der Waals surface area (Å²) in [6, 6.07) is 7.39. The van der Waals surface area contributed by atoms with Gasteiger partial charge in [0.1, 0.15) is 23.9 Å². The number of aromatic nitrogens is 1. The summed E-state index contributed by atoms with van der Waals surface area (Å²) in [5, 5.41) is 4.22. The van der Waals surface area contributed by atoms with Crippen LogP contribution in [-0.4, -0.2) is 110 Å². The number of pyridine rings is 1. The number of methoxy groups -OCH3 is 1. The summed E-state index contributed by atoms with van der Waals surface area (Å²) in [6.07, 6.45) is -1.12. The molecule has 3 aliphatic rings. The van der Waals surface area contributed by atoms with Crippen molar-refractivity contribution in [2.45, 2.75) is 29.2 Å². The molecule has 1 N–H and O–H groups in total. The Hall–Kier alpha value is -2.17. The second kappa shape index (κ2) is 13.4. The molecule has 2 atom stereocenters. The van der Waals surface area contributed by atoms with E-state index in [2.05, 4.69) is 15.2 Å². The number of nitrogens with one attached hydrogen (secondary N) is 1. The van der Waals surface area contributed by atoms with Gasteiger partial charge in [-0.3, -0.25) is 14.2 Å². The van der Waals surface area contributed by atoms with Gasteiger partial charge in [0.25, 0.3) is 16.4 Å². The first-order valence-corrected chi connectivity index (χ1v) is 17.1. The van der Waals surface area contributed by atoms with Gasteiger partial charge < -0.3 is 19.3 Å². The Balaban J connectivity index is 1.40. The highest BCUT2D eigenvalue weighted by molar-refractivity contribution is 8.15. The smallest absolute Gasteiger partial charge is 0.282 e. The van der Waals surface area contributed by atoms with Crippen molar-refractivity contribution in [3.8, 4) is 5.75 Å². The van der Waals surface area contributed by atoms with E-state index in [1.807, 2.05) is 0 Å². The highest BCUT2D eigenvalue weighted by Gasteiger charge is 2.37. The Morgan fingerprint density at radius 3 is 2.78 bits per heavy atom. The molecular formula is C26H33F2N5O5S3. The molecule has 4 heterocycles. The normalized spacial score (nSPS) is 21.5. The number of hydrogen-bond acceptors (Lipinski definition) is 10. The van der Waals surface area contributed by atoms with Crippen molar-refractivity contribution in [1.82, 2.24) is 9.88 Å². The molecule has 1 aromatic carbocycles. The highest BCUT2D eigenvalue weighted by atomic mass is 32.2. The van der Waals surface area contributed by atoms with Crippen LogP contribution in [0.5, 0.6) is 5.75 Å². The predicted molar refractivity (Wildman–Crippen MR) is 158 cm³/mol. The van der Waals surface area contributed by atoms with Crippen LogP contribution in [0.2, 0.25) is 0 Å². The fourth-order valence-corrected chi connectivity index (χ4v) is 8.78. The second-order valence-corrected chi connectivity index (χ2v) is 14.7. The highest BCUT2D eigenvalue weighted by Crippen LogP contribution is 2.43. The van der Waals surface area contributed by atoms with Crippen molar-refractivity contribution in [2.75, 3.05) is 74.2 Å². The molecule has 0 aliphatic carbocycles. The molecule has 0 radical (unpaired) electrons. The first-order valence-electron chi connectivity index (χ1n) is 13.3. The van der Waals surface area contributed by atoms with Crippen molar-refractivity contribution in [2.24, 2.45) is 4.99 Å².